The molecule has 0 spiro atoms. The Kier molecular flexibility index (Phi) is 2.26. The topological polar surface area (TPSA) is 28.7 Å². The third-order valence-corrected chi connectivity index (χ3v) is 2.56. The van der Waals surface area contributed by atoms with Crippen LogP contribution < -0.4 is 0 Å². The summed E-state index contributed by atoms with van der Waals surface area (Å²) in [6.07, 6.45) is 0. The monoisotopic (exact) mass is 262 g/mol. The fraction of sp³-hybridized carbons (Fsp3) is 0.125. The SMILES string of the molecule is Fc1cc2[nH]c(CCl)nc2cc1Br. The summed E-state index contributed by atoms with van der Waals surface area (Å²) in [5, 5.41) is 0. The first-order valence-electron chi connectivity index (χ1n) is 3.60. The summed E-state index contributed by atoms with van der Waals surface area (Å²) in [5.74, 6) is 0.639. The van der Waals surface area contributed by atoms with E-state index >= 15 is 0 Å². The van der Waals surface area contributed by atoms with Crippen molar-refractivity contribution in [3.05, 3.63) is 28.2 Å². The second kappa shape index (κ2) is 3.27. The Labute approximate surface area is 87.2 Å². The number of rotatable bonds is 1. The van der Waals surface area contributed by atoms with E-state index in [-0.39, 0.29) is 5.82 Å². The normalized spacial score (nSPS) is 11.0. The fourth-order valence-corrected chi connectivity index (χ4v) is 1.58. The van der Waals surface area contributed by atoms with Gasteiger partial charge in [0.1, 0.15) is 11.6 Å². The van der Waals surface area contributed by atoms with Gasteiger partial charge >= 0.3 is 0 Å². The molecule has 0 aliphatic carbocycles. The van der Waals surface area contributed by atoms with E-state index in [0.29, 0.717) is 27.2 Å². The number of H-pyrrole nitrogens is 1. The van der Waals surface area contributed by atoms with Crippen LogP contribution in [-0.4, -0.2) is 9.97 Å². The van der Waals surface area contributed by atoms with Crippen LogP contribution in [0.15, 0.2) is 16.6 Å². The molecule has 2 aromatic rings. The second-order valence-corrected chi connectivity index (χ2v) is 3.72. The molecular formula is C8H5BrClFN2. The van der Waals surface area contributed by atoms with E-state index in [0.717, 1.165) is 0 Å². The number of hydrogen-bond donors (Lipinski definition) is 1. The number of benzene rings is 1. The lowest BCUT2D eigenvalue weighted by molar-refractivity contribution is 0.623. The van der Waals surface area contributed by atoms with Gasteiger partial charge in [0.15, 0.2) is 0 Å². The molecule has 68 valence electrons. The van der Waals surface area contributed by atoms with Crippen LogP contribution in [0, 0.1) is 5.82 Å². The molecule has 0 amide bonds. The lowest BCUT2D eigenvalue weighted by Crippen LogP contribution is -1.77. The maximum absolute atomic E-state index is 13.0. The highest BCUT2D eigenvalue weighted by molar-refractivity contribution is 9.10. The molecular weight excluding hydrogens is 258 g/mol. The average Bonchev–Trinajstić information content (AvgIpc) is 2.48. The molecule has 0 saturated carbocycles. The van der Waals surface area contributed by atoms with Gasteiger partial charge in [-0.05, 0) is 22.0 Å². The lowest BCUT2D eigenvalue weighted by Gasteiger charge is -1.92. The van der Waals surface area contributed by atoms with E-state index in [1.807, 2.05) is 0 Å². The number of nitrogens with zero attached hydrogens (tertiary/aromatic N) is 1. The zero-order valence-corrected chi connectivity index (χ0v) is 8.78. The van der Waals surface area contributed by atoms with Gasteiger partial charge in [0.2, 0.25) is 0 Å². The number of halogens is 3. The van der Waals surface area contributed by atoms with Crippen molar-refractivity contribution in [1.82, 2.24) is 9.97 Å². The molecule has 1 aromatic heterocycles. The quantitative estimate of drug-likeness (QED) is 0.786. The average molecular weight is 263 g/mol. The minimum Gasteiger partial charge on any atom is -0.341 e. The molecule has 0 aliphatic heterocycles. The van der Waals surface area contributed by atoms with Crippen LogP contribution in [0.5, 0.6) is 0 Å². The lowest BCUT2D eigenvalue weighted by atomic mass is 10.3. The fourth-order valence-electron chi connectivity index (χ4n) is 1.12. The number of imidazole rings is 1. The summed E-state index contributed by atoms with van der Waals surface area (Å²) in [6.45, 7) is 0. The van der Waals surface area contributed by atoms with Crippen molar-refractivity contribution < 1.29 is 4.39 Å². The van der Waals surface area contributed by atoms with Gasteiger partial charge in [0, 0.05) is 6.07 Å². The highest BCUT2D eigenvalue weighted by Gasteiger charge is 2.06. The number of alkyl halides is 1. The van der Waals surface area contributed by atoms with Crippen molar-refractivity contribution in [3.8, 4) is 0 Å². The van der Waals surface area contributed by atoms with Crippen molar-refractivity contribution in [2.24, 2.45) is 0 Å². The molecule has 2 nitrogen and oxygen atoms in total. The summed E-state index contributed by atoms with van der Waals surface area (Å²) >= 11 is 8.66. The van der Waals surface area contributed by atoms with Crippen LogP contribution in [0.4, 0.5) is 4.39 Å². The number of hydrogen-bond acceptors (Lipinski definition) is 1. The van der Waals surface area contributed by atoms with E-state index in [2.05, 4.69) is 25.9 Å². The maximum Gasteiger partial charge on any atom is 0.139 e. The van der Waals surface area contributed by atoms with Gasteiger partial charge in [-0.15, -0.1) is 11.6 Å². The Morgan fingerprint density at radius 1 is 1.54 bits per heavy atom. The number of nitrogens with one attached hydrogen (secondary N) is 1. The Morgan fingerprint density at radius 3 is 3.00 bits per heavy atom. The molecule has 0 radical (unpaired) electrons. The standard InChI is InChI=1S/C8H5BrClFN2/c9-4-1-6-7(2-5(4)11)13-8(3-10)12-6/h1-2H,3H2,(H,12,13). The molecule has 0 aliphatic rings. The highest BCUT2D eigenvalue weighted by Crippen LogP contribution is 2.21. The zero-order chi connectivity index (χ0) is 9.42. The first kappa shape index (κ1) is 8.97. The van der Waals surface area contributed by atoms with E-state index in [9.17, 15) is 4.39 Å². The molecule has 0 bridgehead atoms. The van der Waals surface area contributed by atoms with Gasteiger partial charge in [-0.2, -0.15) is 0 Å². The van der Waals surface area contributed by atoms with E-state index < -0.39 is 0 Å². The predicted molar refractivity (Wildman–Crippen MR) is 53.3 cm³/mol. The second-order valence-electron chi connectivity index (χ2n) is 2.60. The van der Waals surface area contributed by atoms with Crippen molar-refractivity contribution in [2.45, 2.75) is 5.88 Å². The third-order valence-electron chi connectivity index (χ3n) is 1.70. The van der Waals surface area contributed by atoms with Crippen molar-refractivity contribution in [2.75, 3.05) is 0 Å². The molecule has 0 unspecified atom stereocenters. The summed E-state index contributed by atoms with van der Waals surface area (Å²) in [5.41, 5.74) is 1.38. The molecule has 1 aromatic carbocycles. The van der Waals surface area contributed by atoms with Crippen LogP contribution in [0.25, 0.3) is 11.0 Å². The Balaban J connectivity index is 2.70. The molecule has 1 heterocycles. The van der Waals surface area contributed by atoms with Crippen molar-refractivity contribution in [1.29, 1.82) is 0 Å². The molecule has 0 saturated heterocycles. The number of aromatic amines is 1. The van der Waals surface area contributed by atoms with E-state index in [1.165, 1.54) is 6.07 Å². The van der Waals surface area contributed by atoms with Gasteiger partial charge in [-0.3, -0.25) is 0 Å². The molecule has 1 N–H and O–H groups in total. The first-order chi connectivity index (χ1) is 6.20. The largest absolute Gasteiger partial charge is 0.341 e. The Morgan fingerprint density at radius 2 is 2.31 bits per heavy atom. The smallest absolute Gasteiger partial charge is 0.139 e. The third kappa shape index (κ3) is 1.56. The Hall–Kier alpha value is -0.610. The van der Waals surface area contributed by atoms with Crippen LogP contribution in [0.2, 0.25) is 0 Å². The van der Waals surface area contributed by atoms with Gasteiger partial charge in [0.25, 0.3) is 0 Å². The Bertz CT molecular complexity index is 416. The predicted octanol–water partition coefficient (Wildman–Crippen LogP) is 3.20. The summed E-state index contributed by atoms with van der Waals surface area (Å²) in [7, 11) is 0. The van der Waals surface area contributed by atoms with E-state index in [4.69, 9.17) is 11.6 Å². The number of fused-ring (bicyclic) bond motifs is 1. The molecule has 0 fully saturated rings. The van der Waals surface area contributed by atoms with Crippen molar-refractivity contribution >= 4 is 38.6 Å². The minimum atomic E-state index is -0.308. The summed E-state index contributed by atoms with van der Waals surface area (Å²) in [4.78, 5) is 7.06. The van der Waals surface area contributed by atoms with Crippen LogP contribution >= 0.6 is 27.5 Å². The maximum atomic E-state index is 13.0. The van der Waals surface area contributed by atoms with Crippen molar-refractivity contribution in [3.63, 3.8) is 0 Å². The molecule has 2 rings (SSSR count). The molecule has 5 heteroatoms. The van der Waals surface area contributed by atoms with Gasteiger partial charge in [-0.25, -0.2) is 9.37 Å². The van der Waals surface area contributed by atoms with Gasteiger partial charge in [-0.1, -0.05) is 0 Å². The van der Waals surface area contributed by atoms with Crippen LogP contribution in [0.3, 0.4) is 0 Å². The van der Waals surface area contributed by atoms with Gasteiger partial charge < -0.3 is 4.98 Å². The molecule has 13 heavy (non-hydrogen) atoms. The summed E-state index contributed by atoms with van der Waals surface area (Å²) in [6, 6.07) is 3.01. The van der Waals surface area contributed by atoms with Crippen LogP contribution in [0.1, 0.15) is 5.82 Å². The van der Waals surface area contributed by atoms with Gasteiger partial charge in [0.05, 0.1) is 21.4 Å². The highest BCUT2D eigenvalue weighted by atomic mass is 79.9. The van der Waals surface area contributed by atoms with Crippen LogP contribution in [-0.2, 0) is 5.88 Å². The zero-order valence-electron chi connectivity index (χ0n) is 6.44. The summed E-state index contributed by atoms with van der Waals surface area (Å²) < 4.78 is 13.4. The minimum absolute atomic E-state index is 0.300. The first-order valence-corrected chi connectivity index (χ1v) is 4.93. The number of aromatic nitrogens is 2. The molecule has 0 atom stereocenters. The van der Waals surface area contributed by atoms with E-state index in [1.54, 1.807) is 6.07 Å².